The summed E-state index contributed by atoms with van der Waals surface area (Å²) in [4.78, 5) is 0. The Bertz CT molecular complexity index is 3430. The third kappa shape index (κ3) is 5.05. The SMILES string of the molecule is [2H]C1C([2H])([2H])C([2H])([2H])C([2H])([2H])C([2H])([2H])C1([2H])c1ccc(-c2c(-c3c(C)c(C)cc4c3Cc3ccccc3-4)ccc3oc4ccccc4c23)c(-c2ccnnn2)c1C1([2H])C([2H])C([2H])([2H])C([2H])([2H])C([2H])([2H])C1([2H])[2H]. The zero-order valence-corrected chi connectivity index (χ0v) is 28.3. The number of aryl methyl sites for hydroxylation is 1. The van der Waals surface area contributed by atoms with Crippen LogP contribution in [-0.4, -0.2) is 15.4 Å². The van der Waals surface area contributed by atoms with Crippen molar-refractivity contribution in [3.63, 3.8) is 0 Å². The Kier molecular flexibility index (Phi) is 4.24. The molecule has 2 fully saturated rings. The number of hydrogen-bond acceptors (Lipinski definition) is 4. The fourth-order valence-electron chi connectivity index (χ4n) is 7.98. The van der Waals surface area contributed by atoms with Crippen LogP contribution in [0.1, 0.15) is 136 Å². The Morgan fingerprint density at radius 1 is 0.692 bits per heavy atom. The molecule has 4 atom stereocenters. The van der Waals surface area contributed by atoms with E-state index in [4.69, 9.17) is 20.9 Å². The van der Waals surface area contributed by atoms with Crippen molar-refractivity contribution in [3.05, 3.63) is 125 Å². The summed E-state index contributed by atoms with van der Waals surface area (Å²) in [6.45, 7) is 3.88. The van der Waals surface area contributed by atoms with Crippen LogP contribution in [0.3, 0.4) is 0 Å². The lowest BCUT2D eigenvalue weighted by molar-refractivity contribution is 0.419. The zero-order valence-electron chi connectivity index (χ0n) is 48.3. The summed E-state index contributed by atoms with van der Waals surface area (Å²) >= 11 is 0. The van der Waals surface area contributed by atoms with Crippen molar-refractivity contribution in [1.29, 1.82) is 0 Å². The number of fused-ring (bicyclic) bond motifs is 6. The molecule has 3 aliphatic carbocycles. The maximum absolute atomic E-state index is 10.5. The van der Waals surface area contributed by atoms with Gasteiger partial charge in [-0.25, -0.2) is 0 Å². The van der Waals surface area contributed by atoms with Crippen LogP contribution < -0.4 is 0 Å². The Morgan fingerprint density at radius 2 is 1.46 bits per heavy atom. The maximum atomic E-state index is 10.5. The molecule has 0 radical (unpaired) electrons. The first-order valence-corrected chi connectivity index (χ1v) is 17.1. The first-order valence-electron chi connectivity index (χ1n) is 27.2. The summed E-state index contributed by atoms with van der Waals surface area (Å²) in [5, 5.41) is 12.8. The van der Waals surface area contributed by atoms with Gasteiger partial charge in [0.1, 0.15) is 11.2 Å². The van der Waals surface area contributed by atoms with E-state index in [-0.39, 0.29) is 16.8 Å². The van der Waals surface area contributed by atoms with Crippen molar-refractivity contribution in [2.24, 2.45) is 0 Å². The highest BCUT2D eigenvalue weighted by Crippen LogP contribution is 2.54. The van der Waals surface area contributed by atoms with Gasteiger partial charge in [-0.15, -0.1) is 10.2 Å². The molecule has 10 rings (SSSR count). The molecule has 2 heterocycles. The van der Waals surface area contributed by atoms with Crippen LogP contribution in [-0.2, 0) is 6.42 Å². The molecule has 3 aliphatic rings. The van der Waals surface area contributed by atoms with Crippen LogP contribution in [0.25, 0.3) is 66.6 Å². The largest absolute Gasteiger partial charge is 0.456 e. The molecule has 0 N–H and O–H groups in total. The van der Waals surface area contributed by atoms with Gasteiger partial charge < -0.3 is 4.42 Å². The lowest BCUT2D eigenvalue weighted by Crippen LogP contribution is -2.15. The van der Waals surface area contributed by atoms with Crippen LogP contribution in [0.4, 0.5) is 0 Å². The minimum Gasteiger partial charge on any atom is -0.456 e. The quantitative estimate of drug-likeness (QED) is 0.179. The van der Waals surface area contributed by atoms with Gasteiger partial charge in [0.05, 0.1) is 11.9 Å². The summed E-state index contributed by atoms with van der Waals surface area (Å²) in [5.74, 6) is -7.64. The molecule has 52 heavy (non-hydrogen) atoms. The van der Waals surface area contributed by atoms with Crippen molar-refractivity contribution >= 4 is 21.9 Å². The van der Waals surface area contributed by atoms with E-state index >= 15 is 0 Å². The highest BCUT2D eigenvalue weighted by Gasteiger charge is 2.32. The third-order valence-electron chi connectivity index (χ3n) is 10.3. The summed E-state index contributed by atoms with van der Waals surface area (Å²) < 4.78 is 192. The highest BCUT2D eigenvalue weighted by molar-refractivity contribution is 6.18. The Morgan fingerprint density at radius 3 is 2.33 bits per heavy atom. The lowest BCUT2D eigenvalue weighted by Gasteiger charge is -2.33. The van der Waals surface area contributed by atoms with E-state index in [1.165, 1.54) is 12.1 Å². The standard InChI is InChI=1S/C48H45N3O/c1-29-27-39-34-18-10-9-17-33(34)28-40(39)44(30(29)2)37-23-24-43-48(36-19-11-12-20-42(36)52-43)46(37)38-22-21-35(31-13-5-3-6-14-31)45(32-15-7-4-8-16-32)47(38)41-25-26-49-51-50-41/h9-12,17-27,31-32H,3-8,13-16,28H2,1-2H3/i3D2,4D2,5D2,6D2,7D2,8D2,13D,14D2,15D,16D2,31D,32D. The van der Waals surface area contributed by atoms with E-state index < -0.39 is 92.3 Å². The molecule has 4 heteroatoms. The number of furan rings is 1. The predicted octanol–water partition coefficient (Wildman–Crippen LogP) is 13.1. The second kappa shape index (κ2) is 12.8. The van der Waals surface area contributed by atoms with Crippen LogP contribution in [0.5, 0.6) is 0 Å². The molecule has 0 saturated heterocycles. The van der Waals surface area contributed by atoms with Crippen molar-refractivity contribution in [3.8, 4) is 44.6 Å². The van der Waals surface area contributed by atoms with Gasteiger partial charge in [-0.3, -0.25) is 0 Å². The number of aromatic nitrogens is 3. The van der Waals surface area contributed by atoms with Gasteiger partial charge in [-0.1, -0.05) is 98.9 Å². The lowest BCUT2D eigenvalue weighted by atomic mass is 9.72. The summed E-state index contributed by atoms with van der Waals surface area (Å²) in [5.41, 5.74) is 4.51. The van der Waals surface area contributed by atoms with E-state index in [0.717, 1.165) is 51.2 Å². The molecule has 4 nitrogen and oxygen atoms in total. The van der Waals surface area contributed by atoms with Gasteiger partial charge in [-0.05, 0) is 148 Å². The normalized spacial score (nSPS) is 37.6. The van der Waals surface area contributed by atoms with Gasteiger partial charge in [0.25, 0.3) is 0 Å². The molecule has 0 bridgehead atoms. The molecule has 0 amide bonds. The topological polar surface area (TPSA) is 51.8 Å². The molecule has 258 valence electrons. The second-order valence-electron chi connectivity index (χ2n) is 13.1. The van der Waals surface area contributed by atoms with Crippen LogP contribution in [0.2, 0.25) is 0 Å². The smallest absolute Gasteiger partial charge is 0.136 e. The van der Waals surface area contributed by atoms with Crippen LogP contribution in [0, 0.1) is 13.8 Å². The molecular weight excluding hydrogens is 635 g/mol. The Labute approximate surface area is 334 Å². The highest BCUT2D eigenvalue weighted by atomic mass is 16.3. The van der Waals surface area contributed by atoms with E-state index in [0.29, 0.717) is 33.9 Å². The average Bonchev–Trinajstić information content (AvgIpc) is 3.90. The van der Waals surface area contributed by atoms with Gasteiger partial charge in [0, 0.05) is 49.3 Å². The first kappa shape index (κ1) is 17.2. The van der Waals surface area contributed by atoms with Crippen molar-refractivity contribution in [1.82, 2.24) is 15.4 Å². The van der Waals surface area contributed by atoms with Gasteiger partial charge in [-0.2, -0.15) is 0 Å². The minimum atomic E-state index is -4.08. The average molecular weight is 700 g/mol. The summed E-state index contributed by atoms with van der Waals surface area (Å²) in [7, 11) is 0. The van der Waals surface area contributed by atoms with Crippen LogP contribution >= 0.6 is 0 Å². The van der Waals surface area contributed by atoms with Gasteiger partial charge in [0.15, 0.2) is 0 Å². The van der Waals surface area contributed by atoms with Crippen molar-refractivity contribution in [2.75, 3.05) is 0 Å². The molecule has 7 aromatic rings. The van der Waals surface area contributed by atoms with Crippen molar-refractivity contribution < 1.29 is 31.8 Å². The minimum absolute atomic E-state index is 0.0706. The molecular formula is C48H45N3O. The Balaban J connectivity index is 1.47. The number of para-hydroxylation sites is 1. The molecule has 2 aromatic heterocycles. The zero-order chi connectivity index (χ0) is 52.7. The molecule has 0 aliphatic heterocycles. The number of hydrogen-bond donors (Lipinski definition) is 0. The summed E-state index contributed by atoms with van der Waals surface area (Å²) in [6, 6.07) is 23.9. The molecule has 4 unspecified atom stereocenters. The first-order chi connectivity index (χ1) is 33.2. The monoisotopic (exact) mass is 699 g/mol. The van der Waals surface area contributed by atoms with E-state index in [1.807, 2.05) is 38.1 Å². The number of nitrogens with zero attached hydrogens (tertiary/aromatic N) is 3. The number of rotatable bonds is 5. The van der Waals surface area contributed by atoms with E-state index in [1.54, 1.807) is 36.4 Å². The van der Waals surface area contributed by atoms with Gasteiger partial charge >= 0.3 is 0 Å². The van der Waals surface area contributed by atoms with Gasteiger partial charge in [0.2, 0.25) is 0 Å². The molecule has 0 spiro atoms. The Hall–Kier alpha value is -5.09. The molecule has 5 aromatic carbocycles. The summed E-state index contributed by atoms with van der Waals surface area (Å²) in [6.07, 6.45) is -35.9. The fourth-order valence-corrected chi connectivity index (χ4v) is 7.98. The van der Waals surface area contributed by atoms with Crippen molar-refractivity contribution in [2.45, 2.75) is 95.8 Å². The maximum Gasteiger partial charge on any atom is 0.136 e. The second-order valence-corrected chi connectivity index (χ2v) is 13.1. The molecule has 2 saturated carbocycles. The number of benzene rings is 5. The van der Waals surface area contributed by atoms with Crippen LogP contribution in [0.15, 0.2) is 95.5 Å². The van der Waals surface area contributed by atoms with E-state index in [9.17, 15) is 11.0 Å². The predicted molar refractivity (Wildman–Crippen MR) is 213 cm³/mol. The fraction of sp³-hybridized carbons (Fsp3) is 0.312. The third-order valence-corrected chi connectivity index (χ3v) is 10.3. The van der Waals surface area contributed by atoms with E-state index in [2.05, 4.69) is 21.5 Å².